The van der Waals surface area contributed by atoms with Crippen molar-refractivity contribution in [1.82, 2.24) is 5.32 Å². The number of nitriles is 1. The van der Waals surface area contributed by atoms with Crippen molar-refractivity contribution in [2.24, 2.45) is 0 Å². The summed E-state index contributed by atoms with van der Waals surface area (Å²) in [7, 11) is 0. The molecule has 0 aliphatic carbocycles. The van der Waals surface area contributed by atoms with Gasteiger partial charge in [0.25, 0.3) is 0 Å². The maximum Gasteiger partial charge on any atom is 0.338 e. The molecule has 2 aromatic rings. The lowest BCUT2D eigenvalue weighted by atomic mass is 10.1. The van der Waals surface area contributed by atoms with Crippen molar-refractivity contribution >= 4 is 29.0 Å². The third-order valence-corrected chi connectivity index (χ3v) is 4.16. The number of thiophene rings is 1. The van der Waals surface area contributed by atoms with Crippen LogP contribution in [0.3, 0.4) is 0 Å². The number of carbonyl (C=O) groups is 3. The molecule has 0 saturated heterocycles. The first-order valence-electron chi connectivity index (χ1n) is 7.03. The lowest BCUT2D eigenvalue weighted by molar-refractivity contribution is -0.119. The number of rotatable bonds is 6. The molecule has 1 aromatic heterocycles. The van der Waals surface area contributed by atoms with Gasteiger partial charge in [-0.25, -0.2) is 4.79 Å². The highest BCUT2D eigenvalue weighted by atomic mass is 32.1. The van der Waals surface area contributed by atoms with Gasteiger partial charge in [-0.05, 0) is 36.4 Å². The number of ether oxygens (including phenoxy) is 1. The number of nitrogens with zero attached hydrogens (tertiary/aromatic N) is 1. The first kappa shape index (κ1) is 17.4. The molecule has 0 fully saturated rings. The van der Waals surface area contributed by atoms with E-state index in [1.54, 1.807) is 12.1 Å². The van der Waals surface area contributed by atoms with E-state index in [2.05, 4.69) is 5.32 Å². The predicted molar refractivity (Wildman–Crippen MR) is 87.6 cm³/mol. The standard InChI is InChI=1S/C17H14N2O4S/c1-11(20)19-9-14-6-7-16(24-14)15(21)10-23-17(22)13-4-2-12(8-18)3-5-13/h2-7H,9-10H2,1H3,(H,19,20). The van der Waals surface area contributed by atoms with Gasteiger partial charge in [0, 0.05) is 11.8 Å². The lowest BCUT2D eigenvalue weighted by Gasteiger charge is -2.03. The summed E-state index contributed by atoms with van der Waals surface area (Å²) in [5.74, 6) is -1.08. The Balaban J connectivity index is 1.89. The Bertz CT molecular complexity index is 803. The Morgan fingerprint density at radius 1 is 1.17 bits per heavy atom. The minimum absolute atomic E-state index is 0.146. The Morgan fingerprint density at radius 2 is 1.88 bits per heavy atom. The van der Waals surface area contributed by atoms with Gasteiger partial charge in [-0.1, -0.05) is 0 Å². The van der Waals surface area contributed by atoms with Crippen LogP contribution in [0.4, 0.5) is 0 Å². The molecule has 122 valence electrons. The lowest BCUT2D eigenvalue weighted by Crippen LogP contribution is -2.18. The highest BCUT2D eigenvalue weighted by molar-refractivity contribution is 7.14. The average Bonchev–Trinajstić information content (AvgIpc) is 3.06. The first-order chi connectivity index (χ1) is 11.5. The summed E-state index contributed by atoms with van der Waals surface area (Å²) < 4.78 is 4.99. The summed E-state index contributed by atoms with van der Waals surface area (Å²) in [6.07, 6.45) is 0. The van der Waals surface area contributed by atoms with Crippen LogP contribution >= 0.6 is 11.3 Å². The third-order valence-electron chi connectivity index (χ3n) is 3.03. The van der Waals surface area contributed by atoms with Gasteiger partial charge in [-0.2, -0.15) is 5.26 Å². The van der Waals surface area contributed by atoms with E-state index in [0.29, 0.717) is 17.0 Å². The van der Waals surface area contributed by atoms with Crippen molar-refractivity contribution in [2.75, 3.05) is 6.61 Å². The van der Waals surface area contributed by atoms with Gasteiger partial charge >= 0.3 is 5.97 Å². The molecule has 0 spiro atoms. The van der Waals surface area contributed by atoms with Crippen LogP contribution in [-0.2, 0) is 16.1 Å². The summed E-state index contributed by atoms with van der Waals surface area (Å²) in [5, 5.41) is 11.4. The number of carbonyl (C=O) groups excluding carboxylic acids is 3. The molecule has 1 N–H and O–H groups in total. The van der Waals surface area contributed by atoms with Gasteiger partial charge in [0.1, 0.15) is 0 Å². The van der Waals surface area contributed by atoms with Gasteiger partial charge in [0.05, 0.1) is 28.6 Å². The molecular formula is C17H14N2O4S. The number of hydrogen-bond donors (Lipinski definition) is 1. The van der Waals surface area contributed by atoms with Crippen LogP contribution in [0.5, 0.6) is 0 Å². The van der Waals surface area contributed by atoms with Gasteiger partial charge in [0.15, 0.2) is 6.61 Å². The van der Waals surface area contributed by atoms with E-state index in [1.165, 1.54) is 42.5 Å². The van der Waals surface area contributed by atoms with E-state index < -0.39 is 5.97 Å². The van der Waals surface area contributed by atoms with E-state index in [1.807, 2.05) is 6.07 Å². The number of esters is 1. The first-order valence-corrected chi connectivity index (χ1v) is 7.85. The number of hydrogen-bond acceptors (Lipinski definition) is 6. The van der Waals surface area contributed by atoms with E-state index in [9.17, 15) is 14.4 Å². The number of amides is 1. The summed E-state index contributed by atoms with van der Waals surface area (Å²) >= 11 is 1.24. The van der Waals surface area contributed by atoms with Crippen LogP contribution in [0.2, 0.25) is 0 Å². The summed E-state index contributed by atoms with van der Waals surface area (Å²) in [6, 6.07) is 11.3. The third kappa shape index (κ3) is 4.76. The quantitative estimate of drug-likeness (QED) is 0.642. The molecule has 2 rings (SSSR count). The molecule has 0 radical (unpaired) electrons. The van der Waals surface area contributed by atoms with Crippen molar-refractivity contribution in [3.63, 3.8) is 0 Å². The molecule has 0 atom stereocenters. The van der Waals surface area contributed by atoms with Crippen LogP contribution in [0.25, 0.3) is 0 Å². The molecule has 6 nitrogen and oxygen atoms in total. The Morgan fingerprint density at radius 3 is 2.50 bits per heavy atom. The van der Waals surface area contributed by atoms with Gasteiger partial charge in [0.2, 0.25) is 11.7 Å². The molecule has 0 saturated carbocycles. The topological polar surface area (TPSA) is 96.3 Å². The molecule has 0 aliphatic heterocycles. The SMILES string of the molecule is CC(=O)NCc1ccc(C(=O)COC(=O)c2ccc(C#N)cc2)s1. The Kier molecular flexibility index (Phi) is 5.82. The Hall–Kier alpha value is -2.98. The maximum absolute atomic E-state index is 12.0. The number of benzene rings is 1. The molecule has 1 heterocycles. The minimum Gasteiger partial charge on any atom is -0.454 e. The highest BCUT2D eigenvalue weighted by Gasteiger charge is 2.14. The average molecular weight is 342 g/mol. The number of ketones is 1. The zero-order valence-electron chi connectivity index (χ0n) is 12.9. The summed E-state index contributed by atoms with van der Waals surface area (Å²) in [5.41, 5.74) is 0.715. The normalized spacial score (nSPS) is 9.83. The second kappa shape index (κ2) is 8.04. The molecule has 0 bridgehead atoms. The molecule has 1 aromatic carbocycles. The molecule has 0 unspecified atom stereocenters. The maximum atomic E-state index is 12.0. The van der Waals surface area contributed by atoms with E-state index in [-0.39, 0.29) is 23.9 Å². The molecule has 7 heteroatoms. The van der Waals surface area contributed by atoms with Crippen LogP contribution in [0.1, 0.15) is 37.4 Å². The Labute approximate surface area is 142 Å². The summed E-state index contributed by atoms with van der Waals surface area (Å²) in [6.45, 7) is 1.42. The highest BCUT2D eigenvalue weighted by Crippen LogP contribution is 2.17. The van der Waals surface area contributed by atoms with Gasteiger partial charge in [-0.15, -0.1) is 11.3 Å². The van der Waals surface area contributed by atoms with Crippen molar-refractivity contribution in [1.29, 1.82) is 5.26 Å². The number of nitrogens with one attached hydrogen (secondary N) is 1. The van der Waals surface area contributed by atoms with Crippen molar-refractivity contribution in [3.05, 3.63) is 57.3 Å². The molecule has 0 aliphatic rings. The smallest absolute Gasteiger partial charge is 0.338 e. The second-order valence-electron chi connectivity index (χ2n) is 4.86. The van der Waals surface area contributed by atoms with Crippen LogP contribution in [0.15, 0.2) is 36.4 Å². The summed E-state index contributed by atoms with van der Waals surface area (Å²) in [4.78, 5) is 36.1. The van der Waals surface area contributed by atoms with Crippen LogP contribution in [-0.4, -0.2) is 24.3 Å². The van der Waals surface area contributed by atoms with E-state index in [4.69, 9.17) is 10.00 Å². The largest absolute Gasteiger partial charge is 0.454 e. The molecule has 1 amide bonds. The molecular weight excluding hydrogens is 328 g/mol. The van der Waals surface area contributed by atoms with Crippen molar-refractivity contribution in [2.45, 2.75) is 13.5 Å². The van der Waals surface area contributed by atoms with Crippen LogP contribution < -0.4 is 5.32 Å². The fourth-order valence-corrected chi connectivity index (χ4v) is 2.67. The van der Waals surface area contributed by atoms with Gasteiger partial charge < -0.3 is 10.1 Å². The molecule has 24 heavy (non-hydrogen) atoms. The van der Waals surface area contributed by atoms with Gasteiger partial charge in [-0.3, -0.25) is 9.59 Å². The zero-order chi connectivity index (χ0) is 17.5. The van der Waals surface area contributed by atoms with E-state index >= 15 is 0 Å². The fourth-order valence-electron chi connectivity index (χ4n) is 1.80. The fraction of sp³-hybridized carbons (Fsp3) is 0.176. The van der Waals surface area contributed by atoms with Crippen molar-refractivity contribution < 1.29 is 19.1 Å². The number of Topliss-reactive ketones (excluding diaryl/α,β-unsaturated/α-hetero) is 1. The monoisotopic (exact) mass is 342 g/mol. The minimum atomic E-state index is -0.622. The second-order valence-corrected chi connectivity index (χ2v) is 6.03. The van der Waals surface area contributed by atoms with E-state index in [0.717, 1.165) is 4.88 Å². The predicted octanol–water partition coefficient (Wildman–Crippen LogP) is 2.30. The van der Waals surface area contributed by atoms with Crippen LogP contribution in [0, 0.1) is 11.3 Å². The van der Waals surface area contributed by atoms with Crippen molar-refractivity contribution in [3.8, 4) is 6.07 Å². The zero-order valence-corrected chi connectivity index (χ0v) is 13.7.